The lowest BCUT2D eigenvalue weighted by Gasteiger charge is -2.06. The highest BCUT2D eigenvalue weighted by Gasteiger charge is 2.15. The second-order valence-electron chi connectivity index (χ2n) is 7.19. The lowest BCUT2D eigenvalue weighted by molar-refractivity contribution is -0.136. The molecule has 33 heavy (non-hydrogen) atoms. The molecule has 0 spiro atoms. The first-order chi connectivity index (χ1) is 16.0. The molecule has 0 aliphatic carbocycles. The number of anilines is 1. The molecule has 0 saturated carbocycles. The zero-order chi connectivity index (χ0) is 23.2. The quantitative estimate of drug-likeness (QED) is 0.278. The van der Waals surface area contributed by atoms with Gasteiger partial charge < -0.3 is 5.32 Å². The lowest BCUT2D eigenvalue weighted by Crippen LogP contribution is -2.32. The van der Waals surface area contributed by atoms with Crippen molar-refractivity contribution in [2.75, 3.05) is 5.32 Å². The number of amides is 2. The van der Waals surface area contributed by atoms with Gasteiger partial charge in [-0.2, -0.15) is 10.2 Å². The zero-order valence-electron chi connectivity index (χ0n) is 17.7. The van der Waals surface area contributed by atoms with E-state index in [1.165, 1.54) is 18.3 Å². The summed E-state index contributed by atoms with van der Waals surface area (Å²) in [4.78, 5) is 24.3. The number of carbonyl (C=O) groups is 2. The Morgan fingerprint density at radius 1 is 0.939 bits per heavy atom. The maximum absolute atomic E-state index is 13.4. The number of hydrogen-bond donors (Lipinski definition) is 2. The first-order valence-corrected chi connectivity index (χ1v) is 10.1. The van der Waals surface area contributed by atoms with Gasteiger partial charge in [0.25, 0.3) is 0 Å². The highest BCUT2D eigenvalue weighted by atomic mass is 19.1. The van der Waals surface area contributed by atoms with E-state index in [4.69, 9.17) is 0 Å². The van der Waals surface area contributed by atoms with Crippen molar-refractivity contribution in [1.29, 1.82) is 0 Å². The predicted molar refractivity (Wildman–Crippen MR) is 125 cm³/mol. The van der Waals surface area contributed by atoms with Crippen LogP contribution in [0.1, 0.15) is 11.1 Å². The van der Waals surface area contributed by atoms with Crippen molar-refractivity contribution in [1.82, 2.24) is 15.2 Å². The largest absolute Gasteiger partial charge is 0.329 e. The molecular weight excluding hydrogens is 421 g/mol. The van der Waals surface area contributed by atoms with E-state index in [2.05, 4.69) is 20.9 Å². The molecule has 164 valence electrons. The van der Waals surface area contributed by atoms with Crippen molar-refractivity contribution in [3.05, 3.63) is 102 Å². The molecular formula is C25H20FN5O2. The van der Waals surface area contributed by atoms with Crippen LogP contribution in [-0.4, -0.2) is 27.8 Å². The number of benzene rings is 3. The maximum Gasteiger partial charge on any atom is 0.329 e. The van der Waals surface area contributed by atoms with Gasteiger partial charge >= 0.3 is 11.8 Å². The number of aromatic nitrogens is 2. The van der Waals surface area contributed by atoms with Gasteiger partial charge in [0.2, 0.25) is 0 Å². The van der Waals surface area contributed by atoms with Gasteiger partial charge in [-0.3, -0.25) is 9.59 Å². The number of halogens is 1. The van der Waals surface area contributed by atoms with Gasteiger partial charge in [0.05, 0.1) is 11.9 Å². The summed E-state index contributed by atoms with van der Waals surface area (Å²) in [5.41, 5.74) is 6.22. The van der Waals surface area contributed by atoms with E-state index in [0.29, 0.717) is 22.5 Å². The molecule has 8 heteroatoms. The second-order valence-corrected chi connectivity index (χ2v) is 7.19. The van der Waals surface area contributed by atoms with Crippen LogP contribution < -0.4 is 10.7 Å². The highest BCUT2D eigenvalue weighted by molar-refractivity contribution is 6.39. The monoisotopic (exact) mass is 441 g/mol. The Balaban J connectivity index is 1.54. The van der Waals surface area contributed by atoms with E-state index in [0.717, 1.165) is 11.3 Å². The second kappa shape index (κ2) is 9.69. The van der Waals surface area contributed by atoms with Crippen molar-refractivity contribution in [3.63, 3.8) is 0 Å². The average molecular weight is 441 g/mol. The first kappa shape index (κ1) is 21.6. The number of hydrogen-bond acceptors (Lipinski definition) is 4. The molecule has 0 aliphatic heterocycles. The van der Waals surface area contributed by atoms with Crippen molar-refractivity contribution < 1.29 is 14.0 Å². The third-order valence-corrected chi connectivity index (χ3v) is 4.85. The third kappa shape index (κ3) is 5.19. The van der Waals surface area contributed by atoms with E-state index in [-0.39, 0.29) is 5.82 Å². The van der Waals surface area contributed by atoms with Gasteiger partial charge in [-0.25, -0.2) is 14.5 Å². The number of rotatable bonds is 5. The van der Waals surface area contributed by atoms with E-state index in [1.54, 1.807) is 35.1 Å². The Kier molecular flexibility index (Phi) is 6.36. The number of aryl methyl sites for hydroxylation is 1. The molecule has 0 unspecified atom stereocenters. The molecule has 1 aromatic heterocycles. The minimum Gasteiger partial charge on any atom is -0.317 e. The van der Waals surface area contributed by atoms with Crippen LogP contribution in [0.25, 0.3) is 16.9 Å². The molecule has 0 atom stereocenters. The van der Waals surface area contributed by atoms with Crippen LogP contribution >= 0.6 is 0 Å². The number of nitrogens with zero attached hydrogens (tertiary/aromatic N) is 3. The summed E-state index contributed by atoms with van der Waals surface area (Å²) in [5.74, 6) is -2.10. The number of hydrazone groups is 1. The van der Waals surface area contributed by atoms with Crippen LogP contribution in [0.15, 0.2) is 90.2 Å². The smallest absolute Gasteiger partial charge is 0.317 e. The van der Waals surface area contributed by atoms with Crippen molar-refractivity contribution in [3.8, 4) is 16.9 Å². The summed E-state index contributed by atoms with van der Waals surface area (Å²) in [6.45, 7) is 1.83. The van der Waals surface area contributed by atoms with Gasteiger partial charge in [-0.15, -0.1) is 0 Å². The number of nitrogens with one attached hydrogen (secondary N) is 2. The molecule has 0 bridgehead atoms. The molecule has 3 aromatic carbocycles. The molecule has 2 N–H and O–H groups in total. The Morgan fingerprint density at radius 2 is 1.64 bits per heavy atom. The van der Waals surface area contributed by atoms with Crippen LogP contribution in [0.2, 0.25) is 0 Å². The fourth-order valence-corrected chi connectivity index (χ4v) is 3.13. The van der Waals surface area contributed by atoms with Crippen LogP contribution in [-0.2, 0) is 9.59 Å². The van der Waals surface area contributed by atoms with Crippen LogP contribution in [0, 0.1) is 12.7 Å². The summed E-state index contributed by atoms with van der Waals surface area (Å²) in [6, 6.07) is 22.5. The summed E-state index contributed by atoms with van der Waals surface area (Å²) >= 11 is 0. The Morgan fingerprint density at radius 3 is 2.36 bits per heavy atom. The SMILES string of the molecule is Cc1ccccc1NC(=O)C(=O)N/N=C\c1cn(-c2ccccc2)nc1-c1ccc(F)cc1. The van der Waals surface area contributed by atoms with Crippen molar-refractivity contribution in [2.45, 2.75) is 6.92 Å². The molecule has 0 radical (unpaired) electrons. The third-order valence-electron chi connectivity index (χ3n) is 4.85. The summed E-state index contributed by atoms with van der Waals surface area (Å²) in [7, 11) is 0. The van der Waals surface area contributed by atoms with E-state index in [9.17, 15) is 14.0 Å². The molecule has 0 aliphatic rings. The standard InChI is InChI=1S/C25H20FN5O2/c1-17-7-5-6-10-22(17)28-24(32)25(33)29-27-15-19-16-31(21-8-3-2-4-9-21)30-23(19)18-11-13-20(26)14-12-18/h2-16H,1H3,(H,28,32)(H,29,33)/b27-15-. The molecule has 4 aromatic rings. The summed E-state index contributed by atoms with van der Waals surface area (Å²) in [6.07, 6.45) is 3.13. The van der Waals surface area contributed by atoms with Gasteiger partial charge in [0.15, 0.2) is 0 Å². The van der Waals surface area contributed by atoms with Crippen LogP contribution in [0.5, 0.6) is 0 Å². The van der Waals surface area contributed by atoms with Crippen molar-refractivity contribution >= 4 is 23.7 Å². The van der Waals surface area contributed by atoms with Crippen LogP contribution in [0.3, 0.4) is 0 Å². The molecule has 0 saturated heterocycles. The molecule has 4 rings (SSSR count). The molecule has 1 heterocycles. The Hall–Kier alpha value is -4.59. The summed E-state index contributed by atoms with van der Waals surface area (Å²) in [5, 5.41) is 11.1. The van der Waals surface area contributed by atoms with Gasteiger partial charge in [0.1, 0.15) is 11.5 Å². The zero-order valence-corrected chi connectivity index (χ0v) is 17.7. The number of carbonyl (C=O) groups excluding carboxylic acids is 2. The topological polar surface area (TPSA) is 88.4 Å². The predicted octanol–water partition coefficient (Wildman–Crippen LogP) is 4.08. The number of para-hydroxylation sites is 2. The van der Waals surface area contributed by atoms with Gasteiger partial charge in [-0.05, 0) is 55.0 Å². The summed E-state index contributed by atoms with van der Waals surface area (Å²) < 4.78 is 15.0. The Bertz CT molecular complexity index is 1310. The first-order valence-electron chi connectivity index (χ1n) is 10.1. The minimum atomic E-state index is -0.909. The van der Waals surface area contributed by atoms with Crippen LogP contribution in [0.4, 0.5) is 10.1 Å². The normalized spacial score (nSPS) is 10.8. The minimum absolute atomic E-state index is 0.358. The fourth-order valence-electron chi connectivity index (χ4n) is 3.13. The van der Waals surface area contributed by atoms with E-state index in [1.807, 2.05) is 49.4 Å². The molecule has 7 nitrogen and oxygen atoms in total. The Labute approximate surface area is 189 Å². The fraction of sp³-hybridized carbons (Fsp3) is 0.0400. The molecule has 0 fully saturated rings. The lowest BCUT2D eigenvalue weighted by atomic mass is 10.1. The maximum atomic E-state index is 13.4. The highest BCUT2D eigenvalue weighted by Crippen LogP contribution is 2.23. The van der Waals surface area contributed by atoms with E-state index < -0.39 is 11.8 Å². The average Bonchev–Trinajstić information content (AvgIpc) is 3.25. The van der Waals surface area contributed by atoms with E-state index >= 15 is 0 Å². The van der Waals surface area contributed by atoms with Gasteiger partial charge in [-0.1, -0.05) is 36.4 Å². The van der Waals surface area contributed by atoms with Crippen molar-refractivity contribution in [2.24, 2.45) is 5.10 Å². The van der Waals surface area contributed by atoms with Gasteiger partial charge in [0, 0.05) is 23.0 Å². The molecule has 2 amide bonds.